The minimum Gasteiger partial charge on any atom is -0.453 e. The largest absolute Gasteiger partial charge is 0.453 e. The van der Waals surface area contributed by atoms with Crippen molar-refractivity contribution < 1.29 is 8.81 Å². The Bertz CT molecular complexity index is 1050. The molecule has 0 aliphatic carbocycles. The molecule has 0 atom stereocenters. The Labute approximate surface area is 125 Å². The first-order chi connectivity index (χ1) is 10.8. The lowest BCUT2D eigenvalue weighted by atomic mass is 10.1. The molecular weight excluding hydrogens is 279 g/mol. The first kappa shape index (κ1) is 12.5. The van der Waals surface area contributed by atoms with Crippen LogP contribution >= 0.6 is 0 Å². The Morgan fingerprint density at radius 2 is 1.91 bits per heavy atom. The lowest BCUT2D eigenvalue weighted by Gasteiger charge is -2.02. The summed E-state index contributed by atoms with van der Waals surface area (Å²) >= 11 is 0. The molecule has 2 aromatic heterocycles. The maximum absolute atomic E-state index is 14.8. The van der Waals surface area contributed by atoms with Crippen molar-refractivity contribution in [3.05, 3.63) is 66.1 Å². The predicted molar refractivity (Wildman–Crippen MR) is 81.6 cm³/mol. The van der Waals surface area contributed by atoms with Crippen LogP contribution in [-0.2, 0) is 0 Å². The van der Waals surface area contributed by atoms with Crippen LogP contribution in [0.1, 0.15) is 5.56 Å². The molecule has 0 fully saturated rings. The Morgan fingerprint density at radius 1 is 1.05 bits per heavy atom. The first-order valence-electron chi connectivity index (χ1n) is 6.74. The highest BCUT2D eigenvalue weighted by atomic mass is 19.1. The third kappa shape index (κ3) is 1.76. The number of halogens is 1. The van der Waals surface area contributed by atoms with Crippen LogP contribution in [0.4, 0.5) is 4.39 Å². The third-order valence-corrected chi connectivity index (χ3v) is 3.65. The van der Waals surface area contributed by atoms with Gasteiger partial charge in [-0.25, -0.2) is 4.39 Å². The second-order valence-corrected chi connectivity index (χ2v) is 4.94. The van der Waals surface area contributed by atoms with E-state index in [-0.39, 0.29) is 5.58 Å². The van der Waals surface area contributed by atoms with Gasteiger partial charge < -0.3 is 4.42 Å². The molecule has 104 valence electrons. The van der Waals surface area contributed by atoms with Gasteiger partial charge in [-0.15, -0.1) is 0 Å². The Hall–Kier alpha value is -3.19. The zero-order valence-corrected chi connectivity index (χ0v) is 11.4. The molecule has 0 radical (unpaired) electrons. The van der Waals surface area contributed by atoms with Crippen molar-refractivity contribution in [1.82, 2.24) is 4.98 Å². The van der Waals surface area contributed by atoms with Gasteiger partial charge in [0.1, 0.15) is 5.58 Å². The van der Waals surface area contributed by atoms with Crippen molar-refractivity contribution in [2.75, 3.05) is 0 Å². The highest BCUT2D eigenvalue weighted by Gasteiger charge is 2.16. The topological polar surface area (TPSA) is 49.8 Å². The summed E-state index contributed by atoms with van der Waals surface area (Å²) in [5.74, 6) is -0.439. The normalized spacial score (nSPS) is 10.9. The number of fused-ring (bicyclic) bond motifs is 3. The van der Waals surface area contributed by atoms with E-state index in [9.17, 15) is 4.39 Å². The maximum atomic E-state index is 14.8. The van der Waals surface area contributed by atoms with E-state index >= 15 is 0 Å². The van der Waals surface area contributed by atoms with Gasteiger partial charge in [0.2, 0.25) is 0 Å². The molecule has 0 saturated heterocycles. The van der Waals surface area contributed by atoms with Crippen molar-refractivity contribution in [1.29, 1.82) is 5.26 Å². The fourth-order valence-electron chi connectivity index (χ4n) is 2.60. The van der Waals surface area contributed by atoms with Gasteiger partial charge in [-0.1, -0.05) is 6.07 Å². The summed E-state index contributed by atoms with van der Waals surface area (Å²) in [6, 6.07) is 16.0. The number of hydrogen-bond acceptors (Lipinski definition) is 3. The van der Waals surface area contributed by atoms with Crippen LogP contribution < -0.4 is 0 Å². The summed E-state index contributed by atoms with van der Waals surface area (Å²) in [6.45, 7) is 0. The molecular formula is C18H9FN2O. The van der Waals surface area contributed by atoms with Crippen LogP contribution in [0.5, 0.6) is 0 Å². The quantitative estimate of drug-likeness (QED) is 0.512. The van der Waals surface area contributed by atoms with E-state index in [2.05, 4.69) is 11.1 Å². The molecule has 4 aromatic rings. The van der Waals surface area contributed by atoms with E-state index in [4.69, 9.17) is 9.68 Å². The molecule has 2 aromatic carbocycles. The fraction of sp³-hybridized carbons (Fsp3) is 0. The summed E-state index contributed by atoms with van der Waals surface area (Å²) in [4.78, 5) is 4.17. The molecule has 2 heterocycles. The number of hydrogen-bond donors (Lipinski definition) is 0. The molecule has 0 saturated carbocycles. The Morgan fingerprint density at radius 3 is 2.68 bits per heavy atom. The molecule has 0 aliphatic rings. The van der Waals surface area contributed by atoms with Crippen LogP contribution in [0.15, 0.2) is 59.1 Å². The minimum atomic E-state index is -0.439. The molecule has 22 heavy (non-hydrogen) atoms. The molecule has 0 spiro atoms. The molecule has 0 amide bonds. The SMILES string of the molecule is N#Cc1ccc2c(c1)oc1c(F)c(-c3ccccn3)ccc12. The number of rotatable bonds is 1. The lowest BCUT2D eigenvalue weighted by molar-refractivity contribution is 0.586. The van der Waals surface area contributed by atoms with E-state index in [0.29, 0.717) is 27.8 Å². The number of aromatic nitrogens is 1. The standard InChI is InChI=1S/C18H9FN2O/c19-17-14(15-3-1-2-8-21-15)7-6-13-12-5-4-11(10-20)9-16(12)22-18(13)17/h1-9H. The third-order valence-electron chi connectivity index (χ3n) is 3.65. The second-order valence-electron chi connectivity index (χ2n) is 4.94. The van der Waals surface area contributed by atoms with E-state index in [1.165, 1.54) is 0 Å². The smallest absolute Gasteiger partial charge is 0.175 e. The van der Waals surface area contributed by atoms with Gasteiger partial charge in [0.15, 0.2) is 11.4 Å². The average Bonchev–Trinajstić information content (AvgIpc) is 2.94. The van der Waals surface area contributed by atoms with Crippen LogP contribution in [0.3, 0.4) is 0 Å². The summed E-state index contributed by atoms with van der Waals surface area (Å²) in [6.07, 6.45) is 1.62. The molecule has 0 unspecified atom stereocenters. The molecule has 3 nitrogen and oxygen atoms in total. The Kier molecular flexibility index (Phi) is 2.67. The zero-order chi connectivity index (χ0) is 15.1. The van der Waals surface area contributed by atoms with Crippen molar-refractivity contribution >= 4 is 21.9 Å². The highest BCUT2D eigenvalue weighted by Crippen LogP contribution is 2.34. The number of pyridine rings is 1. The number of benzene rings is 2. The monoisotopic (exact) mass is 288 g/mol. The van der Waals surface area contributed by atoms with E-state index < -0.39 is 5.82 Å². The van der Waals surface area contributed by atoms with Gasteiger partial charge in [0, 0.05) is 22.5 Å². The molecule has 0 bridgehead atoms. The minimum absolute atomic E-state index is 0.188. The van der Waals surface area contributed by atoms with E-state index in [1.54, 1.807) is 42.6 Å². The van der Waals surface area contributed by atoms with Crippen molar-refractivity contribution in [3.63, 3.8) is 0 Å². The predicted octanol–water partition coefficient (Wildman–Crippen LogP) is 4.66. The summed E-state index contributed by atoms with van der Waals surface area (Å²) < 4.78 is 20.4. The average molecular weight is 288 g/mol. The van der Waals surface area contributed by atoms with Crippen molar-refractivity contribution in [2.24, 2.45) is 0 Å². The van der Waals surface area contributed by atoms with Crippen molar-refractivity contribution in [3.8, 4) is 17.3 Å². The Balaban J connectivity index is 2.03. The van der Waals surface area contributed by atoms with Crippen LogP contribution in [0.2, 0.25) is 0 Å². The second kappa shape index (κ2) is 4.68. The van der Waals surface area contributed by atoms with Crippen LogP contribution in [-0.4, -0.2) is 4.98 Å². The summed E-state index contributed by atoms with van der Waals surface area (Å²) in [7, 11) is 0. The molecule has 4 rings (SSSR count). The van der Waals surface area contributed by atoms with Crippen molar-refractivity contribution in [2.45, 2.75) is 0 Å². The molecule has 4 heteroatoms. The van der Waals surface area contributed by atoms with Gasteiger partial charge in [0.05, 0.1) is 17.3 Å². The van der Waals surface area contributed by atoms with Crippen LogP contribution in [0.25, 0.3) is 33.2 Å². The van der Waals surface area contributed by atoms with Gasteiger partial charge in [-0.2, -0.15) is 5.26 Å². The summed E-state index contributed by atoms with van der Waals surface area (Å²) in [5.41, 5.74) is 2.13. The lowest BCUT2D eigenvalue weighted by Crippen LogP contribution is -1.87. The van der Waals surface area contributed by atoms with Crippen LogP contribution in [0, 0.1) is 17.1 Å². The van der Waals surface area contributed by atoms with Gasteiger partial charge in [-0.05, 0) is 42.5 Å². The number of furan rings is 1. The number of nitriles is 1. The number of nitrogens with zero attached hydrogens (tertiary/aromatic N) is 2. The van der Waals surface area contributed by atoms with Gasteiger partial charge in [-0.3, -0.25) is 4.98 Å². The molecule has 0 N–H and O–H groups in total. The van der Waals surface area contributed by atoms with Gasteiger partial charge in [0.25, 0.3) is 0 Å². The fourth-order valence-corrected chi connectivity index (χ4v) is 2.60. The van der Waals surface area contributed by atoms with E-state index in [0.717, 1.165) is 5.39 Å². The molecule has 0 aliphatic heterocycles. The van der Waals surface area contributed by atoms with Gasteiger partial charge >= 0.3 is 0 Å². The first-order valence-corrected chi connectivity index (χ1v) is 6.74. The summed E-state index contributed by atoms with van der Waals surface area (Å²) in [5, 5.41) is 10.4. The zero-order valence-electron chi connectivity index (χ0n) is 11.4. The highest BCUT2D eigenvalue weighted by molar-refractivity contribution is 6.06. The maximum Gasteiger partial charge on any atom is 0.175 e. The van der Waals surface area contributed by atoms with E-state index in [1.807, 2.05) is 12.1 Å².